The highest BCUT2D eigenvalue weighted by Crippen LogP contribution is 2.59. The van der Waals surface area contributed by atoms with Gasteiger partial charge in [0.1, 0.15) is 5.78 Å². The van der Waals surface area contributed by atoms with Crippen molar-refractivity contribution in [1.29, 1.82) is 0 Å². The minimum Gasteiger partial charge on any atom is -0.306 e. The van der Waals surface area contributed by atoms with Crippen LogP contribution in [-0.2, 0) is 4.79 Å². The van der Waals surface area contributed by atoms with Gasteiger partial charge in [-0.15, -0.1) is 0 Å². The third-order valence-corrected chi connectivity index (χ3v) is 3.66. The first-order valence-corrected chi connectivity index (χ1v) is 4.83. The minimum atomic E-state index is 0.416. The zero-order chi connectivity index (χ0) is 8.77. The zero-order valence-electron chi connectivity index (χ0n) is 7.97. The van der Waals surface area contributed by atoms with Crippen LogP contribution in [0, 0.1) is 11.3 Å². The van der Waals surface area contributed by atoms with Gasteiger partial charge in [0.2, 0.25) is 0 Å². The highest BCUT2D eigenvalue weighted by Gasteiger charge is 2.56. The van der Waals surface area contributed by atoms with E-state index in [2.05, 4.69) is 11.9 Å². The topological polar surface area (TPSA) is 20.3 Å². The van der Waals surface area contributed by atoms with Gasteiger partial charge in [-0.1, -0.05) is 0 Å². The van der Waals surface area contributed by atoms with Crippen molar-refractivity contribution < 1.29 is 4.79 Å². The van der Waals surface area contributed by atoms with Crippen LogP contribution in [0.25, 0.3) is 0 Å². The normalized spacial score (nSPS) is 33.7. The van der Waals surface area contributed by atoms with Gasteiger partial charge in [0.25, 0.3) is 0 Å². The van der Waals surface area contributed by atoms with E-state index < -0.39 is 0 Å². The summed E-state index contributed by atoms with van der Waals surface area (Å²) in [5, 5.41) is 0. The molecule has 2 fully saturated rings. The highest BCUT2D eigenvalue weighted by atomic mass is 16.1. The minimum absolute atomic E-state index is 0.416. The maximum Gasteiger partial charge on any atom is 0.133 e. The molecule has 2 heteroatoms. The lowest BCUT2D eigenvalue weighted by molar-refractivity contribution is -0.119. The Hall–Kier alpha value is -0.370. The predicted molar refractivity (Wildman–Crippen MR) is 48.0 cm³/mol. The molecule has 1 heterocycles. The molecule has 68 valence electrons. The molecule has 0 N–H and O–H groups in total. The number of hydrogen-bond donors (Lipinski definition) is 0. The lowest BCUT2D eigenvalue weighted by Gasteiger charge is -2.29. The van der Waals surface area contributed by atoms with Crippen LogP contribution in [-0.4, -0.2) is 30.8 Å². The number of likely N-dealkylation sites (tertiary alicyclic amines) is 1. The van der Waals surface area contributed by atoms with E-state index in [1.807, 2.05) is 0 Å². The van der Waals surface area contributed by atoms with Crippen molar-refractivity contribution in [2.45, 2.75) is 26.2 Å². The molecule has 1 saturated carbocycles. The lowest BCUT2D eigenvalue weighted by atomic mass is 9.90. The van der Waals surface area contributed by atoms with E-state index in [-0.39, 0.29) is 0 Å². The van der Waals surface area contributed by atoms with Gasteiger partial charge in [-0.2, -0.15) is 0 Å². The summed E-state index contributed by atoms with van der Waals surface area (Å²) in [5.74, 6) is 0.839. The van der Waals surface area contributed by atoms with Gasteiger partial charge in [-0.25, -0.2) is 0 Å². The first-order chi connectivity index (χ1) is 5.64. The molecule has 1 atom stereocenters. The maximum atomic E-state index is 11.1. The highest BCUT2D eigenvalue weighted by molar-refractivity contribution is 5.82. The number of carbonyl (C=O) groups is 1. The van der Waals surface area contributed by atoms with E-state index in [0.717, 1.165) is 0 Å². The molecule has 0 aromatic carbocycles. The molecule has 2 rings (SSSR count). The van der Waals surface area contributed by atoms with Gasteiger partial charge in [0.15, 0.2) is 0 Å². The SMILES string of the molecule is CC(=O)[C@H]1CC12CCN(C)CC2. The second-order valence-electron chi connectivity index (χ2n) is 4.53. The van der Waals surface area contributed by atoms with Gasteiger partial charge in [-0.3, -0.25) is 4.79 Å². The Labute approximate surface area is 73.9 Å². The van der Waals surface area contributed by atoms with E-state index in [1.54, 1.807) is 6.92 Å². The summed E-state index contributed by atoms with van der Waals surface area (Å²) in [5.41, 5.74) is 0.457. The Balaban J connectivity index is 1.95. The van der Waals surface area contributed by atoms with Crippen molar-refractivity contribution in [2.24, 2.45) is 11.3 Å². The molecule has 1 saturated heterocycles. The summed E-state index contributed by atoms with van der Waals surface area (Å²) >= 11 is 0. The van der Waals surface area contributed by atoms with Crippen LogP contribution in [0.1, 0.15) is 26.2 Å². The molecule has 0 radical (unpaired) electrons. The number of ketones is 1. The average Bonchev–Trinajstić information content (AvgIpc) is 2.72. The van der Waals surface area contributed by atoms with E-state index >= 15 is 0 Å². The summed E-state index contributed by atoms with van der Waals surface area (Å²) in [7, 11) is 2.16. The lowest BCUT2D eigenvalue weighted by Crippen LogP contribution is -2.32. The van der Waals surface area contributed by atoms with Crippen molar-refractivity contribution >= 4 is 5.78 Å². The number of rotatable bonds is 1. The predicted octanol–water partition coefficient (Wildman–Crippen LogP) is 1.31. The second-order valence-corrected chi connectivity index (χ2v) is 4.53. The van der Waals surface area contributed by atoms with Gasteiger partial charge in [-0.05, 0) is 51.7 Å². The van der Waals surface area contributed by atoms with Crippen LogP contribution in [0.3, 0.4) is 0 Å². The smallest absolute Gasteiger partial charge is 0.133 e. The molecule has 1 spiro atoms. The molecule has 1 aliphatic heterocycles. The van der Waals surface area contributed by atoms with E-state index in [1.165, 1.54) is 32.4 Å². The van der Waals surface area contributed by atoms with Crippen molar-refractivity contribution in [2.75, 3.05) is 20.1 Å². The van der Waals surface area contributed by atoms with Gasteiger partial charge in [0.05, 0.1) is 0 Å². The largest absolute Gasteiger partial charge is 0.306 e. The van der Waals surface area contributed by atoms with Crippen LogP contribution in [0.4, 0.5) is 0 Å². The number of nitrogens with zero attached hydrogens (tertiary/aromatic N) is 1. The fourth-order valence-corrected chi connectivity index (χ4v) is 2.54. The maximum absolute atomic E-state index is 11.1. The number of carbonyl (C=O) groups excluding carboxylic acids is 1. The Morgan fingerprint density at radius 1 is 1.42 bits per heavy atom. The first-order valence-electron chi connectivity index (χ1n) is 4.83. The standard InChI is InChI=1S/C10H17NO/c1-8(12)9-7-10(9)3-5-11(2)6-4-10/h9H,3-7H2,1-2H3/t9-/m1/s1. The van der Waals surface area contributed by atoms with Crippen molar-refractivity contribution in [3.63, 3.8) is 0 Å². The Morgan fingerprint density at radius 3 is 2.42 bits per heavy atom. The molecule has 0 amide bonds. The molecule has 0 unspecified atom stereocenters. The Kier molecular flexibility index (Phi) is 1.76. The van der Waals surface area contributed by atoms with Crippen LogP contribution in [0.5, 0.6) is 0 Å². The van der Waals surface area contributed by atoms with Gasteiger partial charge in [0, 0.05) is 5.92 Å². The molecule has 2 nitrogen and oxygen atoms in total. The van der Waals surface area contributed by atoms with Crippen LogP contribution < -0.4 is 0 Å². The van der Waals surface area contributed by atoms with Crippen molar-refractivity contribution in [1.82, 2.24) is 4.90 Å². The number of hydrogen-bond acceptors (Lipinski definition) is 2. The monoisotopic (exact) mass is 167 g/mol. The van der Waals surface area contributed by atoms with Crippen LogP contribution >= 0.6 is 0 Å². The van der Waals surface area contributed by atoms with E-state index in [0.29, 0.717) is 17.1 Å². The number of piperidine rings is 1. The molecular weight excluding hydrogens is 150 g/mol. The summed E-state index contributed by atoms with van der Waals surface area (Å²) in [4.78, 5) is 13.5. The summed E-state index contributed by atoms with van der Waals surface area (Å²) < 4.78 is 0. The molecule has 0 aromatic heterocycles. The zero-order valence-corrected chi connectivity index (χ0v) is 7.97. The molecule has 12 heavy (non-hydrogen) atoms. The van der Waals surface area contributed by atoms with E-state index in [9.17, 15) is 4.79 Å². The van der Waals surface area contributed by atoms with Gasteiger partial charge >= 0.3 is 0 Å². The average molecular weight is 167 g/mol. The fourth-order valence-electron chi connectivity index (χ4n) is 2.54. The third kappa shape index (κ3) is 1.18. The molecule has 0 aromatic rings. The molecule has 2 aliphatic rings. The fraction of sp³-hybridized carbons (Fsp3) is 0.900. The summed E-state index contributed by atoms with van der Waals surface area (Å²) in [6, 6.07) is 0. The van der Waals surface area contributed by atoms with Gasteiger partial charge < -0.3 is 4.90 Å². The summed E-state index contributed by atoms with van der Waals surface area (Å²) in [6.07, 6.45) is 3.66. The molecule has 1 aliphatic carbocycles. The Morgan fingerprint density at radius 2 is 2.00 bits per heavy atom. The van der Waals surface area contributed by atoms with Crippen LogP contribution in [0.15, 0.2) is 0 Å². The van der Waals surface area contributed by atoms with E-state index in [4.69, 9.17) is 0 Å². The number of Topliss-reactive ketones (excluding diaryl/α,β-unsaturated/α-hetero) is 1. The molecule has 0 bridgehead atoms. The Bertz CT molecular complexity index is 204. The van der Waals surface area contributed by atoms with Crippen LogP contribution in [0.2, 0.25) is 0 Å². The van der Waals surface area contributed by atoms with Crippen molar-refractivity contribution in [3.8, 4) is 0 Å². The quantitative estimate of drug-likeness (QED) is 0.587. The van der Waals surface area contributed by atoms with Crippen molar-refractivity contribution in [3.05, 3.63) is 0 Å². The third-order valence-electron chi connectivity index (χ3n) is 3.66. The molecular formula is C10H17NO. The second kappa shape index (κ2) is 2.56. The first kappa shape index (κ1) is 8.24. The summed E-state index contributed by atoms with van der Waals surface area (Å²) in [6.45, 7) is 4.12.